The van der Waals surface area contributed by atoms with Crippen LogP contribution in [0.2, 0.25) is 0 Å². The maximum Gasteiger partial charge on any atom is 0.251 e. The van der Waals surface area contributed by atoms with Crippen LogP contribution in [-0.2, 0) is 11.3 Å². The summed E-state index contributed by atoms with van der Waals surface area (Å²) < 4.78 is 1.32. The van der Waals surface area contributed by atoms with E-state index in [4.69, 9.17) is 5.73 Å². The molecule has 1 aromatic rings. The lowest BCUT2D eigenvalue weighted by Crippen LogP contribution is -2.47. The summed E-state index contributed by atoms with van der Waals surface area (Å²) in [5.41, 5.74) is 5.51. The van der Waals surface area contributed by atoms with Crippen molar-refractivity contribution in [3.63, 3.8) is 0 Å². The summed E-state index contributed by atoms with van der Waals surface area (Å²) in [6, 6.07) is 2.88. The zero-order valence-corrected chi connectivity index (χ0v) is 11.7. The molecule has 19 heavy (non-hydrogen) atoms. The van der Waals surface area contributed by atoms with Gasteiger partial charge in [0.05, 0.1) is 0 Å². The first-order chi connectivity index (χ1) is 8.75. The minimum absolute atomic E-state index is 0.0189. The summed E-state index contributed by atoms with van der Waals surface area (Å²) >= 11 is 0. The van der Waals surface area contributed by atoms with Gasteiger partial charge in [-0.25, -0.2) is 0 Å². The van der Waals surface area contributed by atoms with Crippen LogP contribution in [0.4, 0.5) is 5.69 Å². The molecule has 2 N–H and O–H groups in total. The van der Waals surface area contributed by atoms with Gasteiger partial charge in [0, 0.05) is 30.0 Å². The van der Waals surface area contributed by atoms with Gasteiger partial charge in [-0.1, -0.05) is 6.08 Å². The molecule has 0 fully saturated rings. The minimum Gasteiger partial charge on any atom is -0.398 e. The second-order valence-electron chi connectivity index (χ2n) is 5.39. The summed E-state index contributed by atoms with van der Waals surface area (Å²) in [7, 11) is 0. The van der Waals surface area contributed by atoms with E-state index < -0.39 is 0 Å². The molecule has 104 valence electrons. The second-order valence-corrected chi connectivity index (χ2v) is 5.39. The summed E-state index contributed by atoms with van der Waals surface area (Å²) in [5.74, 6) is -0.139. The van der Waals surface area contributed by atoms with Crippen LogP contribution in [0.1, 0.15) is 20.8 Å². The van der Waals surface area contributed by atoms with Gasteiger partial charge in [-0.3, -0.25) is 9.59 Å². The number of amides is 1. The van der Waals surface area contributed by atoms with E-state index in [1.165, 1.54) is 22.9 Å². The highest BCUT2D eigenvalue weighted by atomic mass is 16.2. The van der Waals surface area contributed by atoms with Crippen molar-refractivity contribution in [2.24, 2.45) is 0 Å². The molecule has 0 saturated carbocycles. The van der Waals surface area contributed by atoms with Crippen molar-refractivity contribution in [3.05, 3.63) is 41.3 Å². The Balaban J connectivity index is 2.97. The first kappa shape index (κ1) is 15.0. The zero-order valence-electron chi connectivity index (χ0n) is 11.7. The van der Waals surface area contributed by atoms with Gasteiger partial charge >= 0.3 is 0 Å². The van der Waals surface area contributed by atoms with Crippen LogP contribution in [0.3, 0.4) is 0 Å². The van der Waals surface area contributed by atoms with Crippen molar-refractivity contribution in [3.8, 4) is 0 Å². The number of carbonyl (C=O) groups is 1. The average molecular weight is 263 g/mol. The number of anilines is 1. The van der Waals surface area contributed by atoms with Crippen LogP contribution >= 0.6 is 0 Å². The number of carbonyl (C=O) groups excluding carboxylic acids is 1. The summed E-state index contributed by atoms with van der Waals surface area (Å²) in [6.45, 7) is 9.90. The van der Waals surface area contributed by atoms with E-state index in [1.807, 2.05) is 20.8 Å². The molecule has 1 amide bonds. The fourth-order valence-electron chi connectivity index (χ4n) is 1.78. The summed E-state index contributed by atoms with van der Waals surface area (Å²) in [4.78, 5) is 25.6. The van der Waals surface area contributed by atoms with Gasteiger partial charge in [-0.2, -0.15) is 0 Å². The van der Waals surface area contributed by atoms with Crippen LogP contribution < -0.4 is 11.3 Å². The molecule has 0 unspecified atom stereocenters. The molecule has 0 atom stereocenters. The van der Waals surface area contributed by atoms with E-state index >= 15 is 0 Å². The normalized spacial score (nSPS) is 11.1. The summed E-state index contributed by atoms with van der Waals surface area (Å²) in [6.07, 6.45) is 3.15. The van der Waals surface area contributed by atoms with E-state index in [0.717, 1.165) is 0 Å². The van der Waals surface area contributed by atoms with Crippen molar-refractivity contribution >= 4 is 11.6 Å². The fourth-order valence-corrected chi connectivity index (χ4v) is 1.78. The van der Waals surface area contributed by atoms with Crippen LogP contribution in [0.15, 0.2) is 35.8 Å². The topological polar surface area (TPSA) is 68.3 Å². The maximum atomic E-state index is 12.3. The van der Waals surface area contributed by atoms with Crippen molar-refractivity contribution in [1.82, 2.24) is 9.47 Å². The number of aromatic nitrogens is 1. The first-order valence-electron chi connectivity index (χ1n) is 6.13. The second kappa shape index (κ2) is 5.73. The van der Waals surface area contributed by atoms with Crippen molar-refractivity contribution in [1.29, 1.82) is 0 Å². The largest absolute Gasteiger partial charge is 0.398 e. The Morgan fingerprint density at radius 2 is 2.11 bits per heavy atom. The number of pyridine rings is 1. The summed E-state index contributed by atoms with van der Waals surface area (Å²) in [5, 5.41) is 0. The predicted molar refractivity (Wildman–Crippen MR) is 76.8 cm³/mol. The monoisotopic (exact) mass is 263 g/mol. The quantitative estimate of drug-likeness (QED) is 0.831. The van der Waals surface area contributed by atoms with Gasteiger partial charge in [-0.05, 0) is 26.8 Å². The van der Waals surface area contributed by atoms with Gasteiger partial charge < -0.3 is 15.2 Å². The number of nitrogens with zero attached hydrogens (tertiary/aromatic N) is 2. The molecular weight excluding hydrogens is 242 g/mol. The lowest BCUT2D eigenvalue weighted by Gasteiger charge is -2.35. The Morgan fingerprint density at radius 3 is 2.63 bits per heavy atom. The SMILES string of the molecule is C=CCN(C(=O)Cn1cc(N)ccc1=O)C(C)(C)C. The third-order valence-corrected chi connectivity index (χ3v) is 2.73. The van der Waals surface area contributed by atoms with Crippen molar-refractivity contribution in [2.75, 3.05) is 12.3 Å². The fraction of sp³-hybridized carbons (Fsp3) is 0.429. The van der Waals surface area contributed by atoms with E-state index in [9.17, 15) is 9.59 Å². The number of rotatable bonds is 4. The molecule has 0 aliphatic heterocycles. The third kappa shape index (κ3) is 3.98. The molecule has 1 rings (SSSR count). The molecule has 1 heterocycles. The van der Waals surface area contributed by atoms with Crippen LogP contribution in [-0.4, -0.2) is 27.5 Å². The van der Waals surface area contributed by atoms with Gasteiger partial charge in [0.2, 0.25) is 5.91 Å². The highest BCUT2D eigenvalue weighted by Gasteiger charge is 2.25. The standard InChI is InChI=1S/C14H21N3O2/c1-5-8-17(14(2,3)4)13(19)10-16-9-11(15)6-7-12(16)18/h5-7,9H,1,8,10,15H2,2-4H3. The molecule has 0 aliphatic carbocycles. The maximum absolute atomic E-state index is 12.3. The smallest absolute Gasteiger partial charge is 0.251 e. The predicted octanol–water partition coefficient (Wildman–Crippen LogP) is 1.24. The Morgan fingerprint density at radius 1 is 1.47 bits per heavy atom. The highest BCUT2D eigenvalue weighted by molar-refractivity contribution is 5.77. The number of hydrogen-bond acceptors (Lipinski definition) is 3. The van der Waals surface area contributed by atoms with E-state index in [2.05, 4.69) is 6.58 Å². The number of hydrogen-bond donors (Lipinski definition) is 1. The molecule has 1 aromatic heterocycles. The molecule has 0 aliphatic rings. The zero-order chi connectivity index (χ0) is 14.6. The molecule has 0 bridgehead atoms. The third-order valence-electron chi connectivity index (χ3n) is 2.73. The van der Waals surface area contributed by atoms with Crippen LogP contribution in [0, 0.1) is 0 Å². The van der Waals surface area contributed by atoms with Crippen LogP contribution in [0.25, 0.3) is 0 Å². The van der Waals surface area contributed by atoms with Crippen LogP contribution in [0.5, 0.6) is 0 Å². The average Bonchev–Trinajstić information content (AvgIpc) is 2.29. The van der Waals surface area contributed by atoms with E-state index in [-0.39, 0.29) is 23.6 Å². The number of nitrogen functional groups attached to an aromatic ring is 1. The van der Waals surface area contributed by atoms with Crippen molar-refractivity contribution < 1.29 is 4.79 Å². The van der Waals surface area contributed by atoms with Crippen molar-refractivity contribution in [2.45, 2.75) is 32.9 Å². The number of nitrogens with two attached hydrogens (primary N) is 1. The molecule has 0 saturated heterocycles. The lowest BCUT2D eigenvalue weighted by molar-refractivity contribution is -0.135. The minimum atomic E-state index is -0.324. The van der Waals surface area contributed by atoms with E-state index in [0.29, 0.717) is 12.2 Å². The van der Waals surface area contributed by atoms with Gasteiger partial charge in [0.15, 0.2) is 0 Å². The molecule has 0 radical (unpaired) electrons. The molecule has 0 aromatic carbocycles. The Kier molecular flexibility index (Phi) is 4.53. The molecular formula is C14H21N3O2. The highest BCUT2D eigenvalue weighted by Crippen LogP contribution is 2.14. The lowest BCUT2D eigenvalue weighted by atomic mass is 10.1. The molecule has 0 spiro atoms. The van der Waals surface area contributed by atoms with Gasteiger partial charge in [0.25, 0.3) is 5.56 Å². The Bertz CT molecular complexity index is 526. The van der Waals surface area contributed by atoms with Gasteiger partial charge in [-0.15, -0.1) is 6.58 Å². The Labute approximate surface area is 113 Å². The molecule has 5 heteroatoms. The first-order valence-corrected chi connectivity index (χ1v) is 6.13. The molecule has 5 nitrogen and oxygen atoms in total. The Hall–Kier alpha value is -2.04. The van der Waals surface area contributed by atoms with Gasteiger partial charge in [0.1, 0.15) is 6.54 Å². The van der Waals surface area contributed by atoms with E-state index in [1.54, 1.807) is 11.0 Å².